The lowest BCUT2D eigenvalue weighted by molar-refractivity contribution is -0.143. The van der Waals surface area contributed by atoms with Gasteiger partial charge in [-0.25, -0.2) is 4.79 Å². The molecule has 8 nitrogen and oxygen atoms in total. The molecule has 0 aliphatic carbocycles. The fourth-order valence-electron chi connectivity index (χ4n) is 2.48. The van der Waals surface area contributed by atoms with Crippen molar-refractivity contribution in [3.63, 3.8) is 0 Å². The summed E-state index contributed by atoms with van der Waals surface area (Å²) in [5.74, 6) is -2.73. The van der Waals surface area contributed by atoms with E-state index in [0.717, 1.165) is 0 Å². The van der Waals surface area contributed by atoms with Crippen molar-refractivity contribution in [1.29, 1.82) is 0 Å². The van der Waals surface area contributed by atoms with Crippen LogP contribution in [0.2, 0.25) is 0 Å². The first kappa shape index (κ1) is 19.4. The summed E-state index contributed by atoms with van der Waals surface area (Å²) < 4.78 is 1.34. The number of carbonyl (C=O) groups excluding carboxylic acids is 2. The molecule has 0 spiro atoms. The number of carboxylic acid groups (broad SMARTS) is 1. The molecule has 0 radical (unpaired) electrons. The monoisotopic (exact) mass is 337 g/mol. The molecule has 2 unspecified atom stereocenters. The molecule has 0 bridgehead atoms. The summed E-state index contributed by atoms with van der Waals surface area (Å²) in [7, 11) is 0. The summed E-state index contributed by atoms with van der Waals surface area (Å²) in [4.78, 5) is 46.8. The van der Waals surface area contributed by atoms with Crippen molar-refractivity contribution in [1.82, 2.24) is 9.88 Å². The average Bonchev–Trinajstić information content (AvgIpc) is 2.46. The van der Waals surface area contributed by atoms with Crippen molar-refractivity contribution < 1.29 is 19.5 Å². The summed E-state index contributed by atoms with van der Waals surface area (Å²) in [5.41, 5.74) is 5.28. The molecule has 2 amide bonds. The Morgan fingerprint density at radius 1 is 1.29 bits per heavy atom. The minimum absolute atomic E-state index is 0.107. The number of pyridine rings is 1. The van der Waals surface area contributed by atoms with Crippen LogP contribution in [0.4, 0.5) is 0 Å². The Morgan fingerprint density at radius 2 is 1.92 bits per heavy atom. The minimum atomic E-state index is -1.26. The van der Waals surface area contributed by atoms with E-state index < -0.39 is 29.9 Å². The number of nitrogens with two attached hydrogens (primary N) is 1. The summed E-state index contributed by atoms with van der Waals surface area (Å²) in [5, 5.41) is 11.6. The molecule has 8 heteroatoms. The standard InChI is InChI=1S/C16H23N3O5/c1-9(2)14(19-10(3)5-4-6-13(19)21)15(22)18-11(16(23)24)7-8-12(17)20/h4-6,9,11,14H,7-8H2,1-3H3,(H2,17,20)(H,18,22)(H,23,24). The van der Waals surface area contributed by atoms with E-state index in [1.807, 2.05) is 0 Å². The van der Waals surface area contributed by atoms with Gasteiger partial charge in [-0.1, -0.05) is 19.9 Å². The van der Waals surface area contributed by atoms with Gasteiger partial charge in [-0.2, -0.15) is 0 Å². The molecule has 0 fully saturated rings. The molecule has 132 valence electrons. The largest absolute Gasteiger partial charge is 0.480 e. The number of hydrogen-bond donors (Lipinski definition) is 3. The van der Waals surface area contributed by atoms with E-state index in [1.54, 1.807) is 32.9 Å². The molecular weight excluding hydrogens is 314 g/mol. The van der Waals surface area contributed by atoms with Gasteiger partial charge in [0.2, 0.25) is 11.8 Å². The first-order chi connectivity index (χ1) is 11.1. The van der Waals surface area contributed by atoms with Crippen LogP contribution in [0.15, 0.2) is 23.0 Å². The highest BCUT2D eigenvalue weighted by Gasteiger charge is 2.30. The second kappa shape index (κ2) is 8.28. The van der Waals surface area contributed by atoms with Crippen molar-refractivity contribution in [3.8, 4) is 0 Å². The number of nitrogens with zero attached hydrogens (tertiary/aromatic N) is 1. The highest BCUT2D eigenvalue weighted by atomic mass is 16.4. The summed E-state index contributed by atoms with van der Waals surface area (Å²) >= 11 is 0. The van der Waals surface area contributed by atoms with E-state index in [0.29, 0.717) is 5.69 Å². The van der Waals surface area contributed by atoms with E-state index in [-0.39, 0.29) is 24.3 Å². The Kier molecular flexibility index (Phi) is 6.69. The molecule has 0 aliphatic rings. The third-order valence-electron chi connectivity index (χ3n) is 3.67. The van der Waals surface area contributed by atoms with E-state index in [4.69, 9.17) is 5.73 Å². The van der Waals surface area contributed by atoms with Gasteiger partial charge in [0, 0.05) is 18.2 Å². The Balaban J connectivity index is 3.08. The van der Waals surface area contributed by atoms with Crippen LogP contribution >= 0.6 is 0 Å². The third kappa shape index (κ3) is 4.94. The number of primary amides is 1. The van der Waals surface area contributed by atoms with Crippen molar-refractivity contribution >= 4 is 17.8 Å². The van der Waals surface area contributed by atoms with Crippen LogP contribution in [0, 0.1) is 12.8 Å². The second-order valence-electron chi connectivity index (χ2n) is 5.97. The van der Waals surface area contributed by atoms with Crippen LogP contribution in [0.25, 0.3) is 0 Å². The van der Waals surface area contributed by atoms with E-state index in [2.05, 4.69) is 5.32 Å². The predicted molar refractivity (Wildman–Crippen MR) is 87.3 cm³/mol. The minimum Gasteiger partial charge on any atom is -0.480 e. The molecule has 1 aromatic rings. The highest BCUT2D eigenvalue weighted by Crippen LogP contribution is 2.18. The Bertz CT molecular complexity index is 681. The van der Waals surface area contributed by atoms with Crippen molar-refractivity contribution in [2.24, 2.45) is 11.7 Å². The molecule has 4 N–H and O–H groups in total. The second-order valence-corrected chi connectivity index (χ2v) is 5.97. The number of hydrogen-bond acceptors (Lipinski definition) is 4. The SMILES string of the molecule is Cc1cccc(=O)n1C(C(=O)NC(CCC(N)=O)C(=O)O)C(C)C. The highest BCUT2D eigenvalue weighted by molar-refractivity contribution is 5.86. The topological polar surface area (TPSA) is 131 Å². The van der Waals surface area contributed by atoms with Crippen LogP contribution in [-0.4, -0.2) is 33.5 Å². The lowest BCUT2D eigenvalue weighted by Gasteiger charge is -2.26. The van der Waals surface area contributed by atoms with Gasteiger partial charge >= 0.3 is 5.97 Å². The average molecular weight is 337 g/mol. The van der Waals surface area contributed by atoms with Crippen LogP contribution in [0.3, 0.4) is 0 Å². The van der Waals surface area contributed by atoms with Gasteiger partial charge in [-0.05, 0) is 25.3 Å². The zero-order valence-electron chi connectivity index (χ0n) is 14.0. The van der Waals surface area contributed by atoms with E-state index in [1.165, 1.54) is 10.6 Å². The van der Waals surface area contributed by atoms with Gasteiger partial charge in [0.25, 0.3) is 5.56 Å². The molecular formula is C16H23N3O5. The van der Waals surface area contributed by atoms with Crippen LogP contribution in [0.5, 0.6) is 0 Å². The van der Waals surface area contributed by atoms with Gasteiger partial charge < -0.3 is 20.7 Å². The zero-order valence-corrected chi connectivity index (χ0v) is 14.0. The summed E-state index contributed by atoms with van der Waals surface area (Å²) in [6, 6.07) is 2.54. The van der Waals surface area contributed by atoms with Gasteiger partial charge in [0.15, 0.2) is 0 Å². The van der Waals surface area contributed by atoms with E-state index >= 15 is 0 Å². The molecule has 1 rings (SSSR count). The smallest absolute Gasteiger partial charge is 0.326 e. The number of rotatable bonds is 8. The molecule has 1 heterocycles. The Morgan fingerprint density at radius 3 is 2.38 bits per heavy atom. The lowest BCUT2D eigenvalue weighted by atomic mass is 10.0. The number of aliphatic carboxylic acids is 1. The quantitative estimate of drug-likeness (QED) is 0.623. The van der Waals surface area contributed by atoms with E-state index in [9.17, 15) is 24.3 Å². The van der Waals surface area contributed by atoms with Crippen molar-refractivity contribution in [2.75, 3.05) is 0 Å². The zero-order chi connectivity index (χ0) is 18.4. The van der Waals surface area contributed by atoms with Gasteiger partial charge in [-0.15, -0.1) is 0 Å². The van der Waals surface area contributed by atoms with Crippen molar-refractivity contribution in [3.05, 3.63) is 34.2 Å². The van der Waals surface area contributed by atoms with Gasteiger partial charge in [0.1, 0.15) is 12.1 Å². The Labute approximate surface area is 139 Å². The normalized spacial score (nSPS) is 13.3. The maximum atomic E-state index is 12.6. The maximum absolute atomic E-state index is 12.6. The molecule has 0 aliphatic heterocycles. The summed E-state index contributed by atoms with van der Waals surface area (Å²) in [6.07, 6.45) is -0.266. The first-order valence-corrected chi connectivity index (χ1v) is 7.64. The molecule has 24 heavy (non-hydrogen) atoms. The van der Waals surface area contributed by atoms with Gasteiger partial charge in [0.05, 0.1) is 0 Å². The molecule has 1 aromatic heterocycles. The molecule has 2 atom stereocenters. The number of carboxylic acids is 1. The first-order valence-electron chi connectivity index (χ1n) is 7.64. The number of nitrogens with one attached hydrogen (secondary N) is 1. The molecule has 0 saturated heterocycles. The number of amides is 2. The number of aryl methyl sites for hydroxylation is 1. The fraction of sp³-hybridized carbons (Fsp3) is 0.500. The third-order valence-corrected chi connectivity index (χ3v) is 3.67. The predicted octanol–water partition coefficient (Wildman–Crippen LogP) is 0.189. The molecule has 0 aromatic carbocycles. The number of aromatic nitrogens is 1. The number of carbonyl (C=O) groups is 3. The van der Waals surface area contributed by atoms with Crippen LogP contribution in [0.1, 0.15) is 38.4 Å². The fourth-order valence-corrected chi connectivity index (χ4v) is 2.48. The maximum Gasteiger partial charge on any atom is 0.326 e. The van der Waals surface area contributed by atoms with Crippen LogP contribution < -0.4 is 16.6 Å². The van der Waals surface area contributed by atoms with Crippen LogP contribution in [-0.2, 0) is 14.4 Å². The Hall–Kier alpha value is -2.64. The molecule has 0 saturated carbocycles. The lowest BCUT2D eigenvalue weighted by Crippen LogP contribution is -2.47. The van der Waals surface area contributed by atoms with Crippen molar-refractivity contribution in [2.45, 2.75) is 45.7 Å². The summed E-state index contributed by atoms with van der Waals surface area (Å²) in [6.45, 7) is 5.23. The van der Waals surface area contributed by atoms with Gasteiger partial charge in [-0.3, -0.25) is 14.4 Å².